The molecule has 0 aromatic heterocycles. The zero-order valence-corrected chi connectivity index (χ0v) is 11.6. The van der Waals surface area contributed by atoms with E-state index in [4.69, 9.17) is 4.74 Å². The summed E-state index contributed by atoms with van der Waals surface area (Å²) in [6.07, 6.45) is 2.60. The standard InChI is InChI=1S/C15H21N3O2/c19-15(18-7-9-20-10-8-18)17-14-3-1-12(2-4-14)11-16-13-5-6-13/h1-4,13,16H,5-11H2,(H,17,19). The van der Waals surface area contributed by atoms with Crippen LogP contribution >= 0.6 is 0 Å². The third-order valence-electron chi connectivity index (χ3n) is 3.68. The molecule has 1 aromatic carbocycles. The van der Waals surface area contributed by atoms with E-state index in [1.165, 1.54) is 18.4 Å². The maximum absolute atomic E-state index is 12.0. The first kappa shape index (κ1) is 13.4. The number of urea groups is 1. The van der Waals surface area contributed by atoms with E-state index in [0.717, 1.165) is 18.3 Å². The van der Waals surface area contributed by atoms with E-state index in [0.29, 0.717) is 26.3 Å². The van der Waals surface area contributed by atoms with Gasteiger partial charge in [-0.25, -0.2) is 4.79 Å². The predicted molar refractivity (Wildman–Crippen MR) is 77.7 cm³/mol. The highest BCUT2D eigenvalue weighted by molar-refractivity contribution is 5.89. The highest BCUT2D eigenvalue weighted by Gasteiger charge is 2.20. The molecule has 0 bridgehead atoms. The summed E-state index contributed by atoms with van der Waals surface area (Å²) in [5.74, 6) is 0. The first-order valence-electron chi connectivity index (χ1n) is 7.27. The summed E-state index contributed by atoms with van der Waals surface area (Å²) in [5.41, 5.74) is 2.10. The Morgan fingerprint density at radius 1 is 1.20 bits per heavy atom. The lowest BCUT2D eigenvalue weighted by atomic mass is 10.2. The van der Waals surface area contributed by atoms with Gasteiger partial charge in [0.15, 0.2) is 0 Å². The molecule has 3 rings (SSSR count). The second-order valence-corrected chi connectivity index (χ2v) is 5.38. The Kier molecular flexibility index (Phi) is 4.18. The number of anilines is 1. The topological polar surface area (TPSA) is 53.6 Å². The summed E-state index contributed by atoms with van der Waals surface area (Å²) in [4.78, 5) is 13.8. The zero-order chi connectivity index (χ0) is 13.8. The van der Waals surface area contributed by atoms with Crippen molar-refractivity contribution in [3.63, 3.8) is 0 Å². The highest BCUT2D eigenvalue weighted by Crippen LogP contribution is 2.19. The van der Waals surface area contributed by atoms with Crippen molar-refractivity contribution in [2.45, 2.75) is 25.4 Å². The molecule has 0 spiro atoms. The van der Waals surface area contributed by atoms with Crippen molar-refractivity contribution in [3.05, 3.63) is 29.8 Å². The fourth-order valence-electron chi connectivity index (χ4n) is 2.22. The third-order valence-corrected chi connectivity index (χ3v) is 3.68. The van der Waals surface area contributed by atoms with Gasteiger partial charge in [-0.05, 0) is 30.5 Å². The number of carbonyl (C=O) groups excluding carboxylic acids is 1. The summed E-state index contributed by atoms with van der Waals surface area (Å²) in [6, 6.07) is 8.71. The number of morpholine rings is 1. The summed E-state index contributed by atoms with van der Waals surface area (Å²) in [5, 5.41) is 6.40. The molecule has 2 N–H and O–H groups in total. The molecule has 108 valence electrons. The van der Waals surface area contributed by atoms with Crippen LogP contribution in [0.5, 0.6) is 0 Å². The summed E-state index contributed by atoms with van der Waals surface area (Å²) < 4.78 is 5.24. The normalized spacial score (nSPS) is 18.9. The quantitative estimate of drug-likeness (QED) is 0.881. The summed E-state index contributed by atoms with van der Waals surface area (Å²) >= 11 is 0. The largest absolute Gasteiger partial charge is 0.378 e. The maximum atomic E-state index is 12.0. The zero-order valence-electron chi connectivity index (χ0n) is 11.6. The van der Waals surface area contributed by atoms with Crippen molar-refractivity contribution in [1.82, 2.24) is 10.2 Å². The minimum Gasteiger partial charge on any atom is -0.378 e. The lowest BCUT2D eigenvalue weighted by molar-refractivity contribution is 0.0564. The molecular formula is C15H21N3O2. The average molecular weight is 275 g/mol. The van der Waals surface area contributed by atoms with Gasteiger partial charge in [0, 0.05) is 31.4 Å². The average Bonchev–Trinajstić information content (AvgIpc) is 3.32. The van der Waals surface area contributed by atoms with Crippen molar-refractivity contribution >= 4 is 11.7 Å². The molecule has 2 amide bonds. The Bertz CT molecular complexity index is 451. The molecule has 0 unspecified atom stereocenters. The molecule has 1 saturated heterocycles. The Morgan fingerprint density at radius 3 is 2.55 bits per heavy atom. The van der Waals surface area contributed by atoms with Crippen molar-refractivity contribution in [2.24, 2.45) is 0 Å². The van der Waals surface area contributed by atoms with Crippen molar-refractivity contribution in [1.29, 1.82) is 0 Å². The molecule has 1 aliphatic heterocycles. The van der Waals surface area contributed by atoms with E-state index in [9.17, 15) is 4.79 Å². The third kappa shape index (κ3) is 3.71. The minimum absolute atomic E-state index is 0.0443. The molecule has 1 aromatic rings. The second kappa shape index (κ2) is 6.24. The van der Waals surface area contributed by atoms with E-state index in [2.05, 4.69) is 22.8 Å². The van der Waals surface area contributed by atoms with Crippen molar-refractivity contribution in [2.75, 3.05) is 31.6 Å². The Labute approximate surface area is 119 Å². The van der Waals surface area contributed by atoms with Crippen LogP contribution in [-0.4, -0.2) is 43.3 Å². The number of nitrogens with one attached hydrogen (secondary N) is 2. The second-order valence-electron chi connectivity index (χ2n) is 5.38. The monoisotopic (exact) mass is 275 g/mol. The number of amides is 2. The van der Waals surface area contributed by atoms with Gasteiger partial charge in [0.2, 0.25) is 0 Å². The summed E-state index contributed by atoms with van der Waals surface area (Å²) in [7, 11) is 0. The molecule has 0 atom stereocenters. The minimum atomic E-state index is -0.0443. The van der Waals surface area contributed by atoms with E-state index in [1.807, 2.05) is 12.1 Å². The SMILES string of the molecule is O=C(Nc1ccc(CNC2CC2)cc1)N1CCOCC1. The van der Waals surface area contributed by atoms with E-state index in [-0.39, 0.29) is 6.03 Å². The van der Waals surface area contributed by atoms with Gasteiger partial charge in [-0.3, -0.25) is 0 Å². The molecular weight excluding hydrogens is 254 g/mol. The van der Waals surface area contributed by atoms with Crippen LogP contribution in [0.3, 0.4) is 0 Å². The fourth-order valence-corrected chi connectivity index (χ4v) is 2.22. The molecule has 5 nitrogen and oxygen atoms in total. The van der Waals surface area contributed by atoms with E-state index < -0.39 is 0 Å². The van der Waals surface area contributed by atoms with Gasteiger partial charge in [-0.15, -0.1) is 0 Å². The number of rotatable bonds is 4. The summed E-state index contributed by atoms with van der Waals surface area (Å²) in [6.45, 7) is 3.48. The fraction of sp³-hybridized carbons (Fsp3) is 0.533. The van der Waals surface area contributed by atoms with Gasteiger partial charge in [-0.1, -0.05) is 12.1 Å². The van der Waals surface area contributed by atoms with E-state index >= 15 is 0 Å². The van der Waals surface area contributed by atoms with Gasteiger partial charge < -0.3 is 20.3 Å². The van der Waals surface area contributed by atoms with Gasteiger partial charge in [-0.2, -0.15) is 0 Å². The molecule has 5 heteroatoms. The number of hydrogen-bond donors (Lipinski definition) is 2. The Balaban J connectivity index is 1.49. The van der Waals surface area contributed by atoms with Gasteiger partial charge >= 0.3 is 6.03 Å². The molecule has 1 heterocycles. The number of hydrogen-bond acceptors (Lipinski definition) is 3. The first-order valence-corrected chi connectivity index (χ1v) is 7.27. The van der Waals surface area contributed by atoms with Crippen LogP contribution in [0, 0.1) is 0 Å². The molecule has 1 aliphatic carbocycles. The van der Waals surface area contributed by atoms with Crippen molar-refractivity contribution < 1.29 is 9.53 Å². The van der Waals surface area contributed by atoms with Gasteiger partial charge in [0.05, 0.1) is 13.2 Å². The van der Waals surface area contributed by atoms with Gasteiger partial charge in [0.25, 0.3) is 0 Å². The van der Waals surface area contributed by atoms with Crippen molar-refractivity contribution in [3.8, 4) is 0 Å². The first-order chi connectivity index (χ1) is 9.81. The number of carbonyl (C=O) groups is 1. The highest BCUT2D eigenvalue weighted by atomic mass is 16.5. The van der Waals surface area contributed by atoms with Crippen LogP contribution in [0.25, 0.3) is 0 Å². The molecule has 0 radical (unpaired) electrons. The van der Waals surface area contributed by atoms with Crippen LogP contribution in [0.4, 0.5) is 10.5 Å². The lowest BCUT2D eigenvalue weighted by Gasteiger charge is -2.26. The Morgan fingerprint density at radius 2 is 1.90 bits per heavy atom. The molecule has 2 aliphatic rings. The van der Waals surface area contributed by atoms with Gasteiger partial charge in [0.1, 0.15) is 0 Å². The molecule has 2 fully saturated rings. The lowest BCUT2D eigenvalue weighted by Crippen LogP contribution is -2.43. The van der Waals surface area contributed by atoms with Crippen LogP contribution < -0.4 is 10.6 Å². The molecule has 20 heavy (non-hydrogen) atoms. The Hall–Kier alpha value is -1.59. The number of benzene rings is 1. The van der Waals surface area contributed by atoms with Crippen LogP contribution in [0.15, 0.2) is 24.3 Å². The van der Waals surface area contributed by atoms with Crippen LogP contribution in [-0.2, 0) is 11.3 Å². The molecule has 1 saturated carbocycles. The maximum Gasteiger partial charge on any atom is 0.321 e. The van der Waals surface area contributed by atoms with E-state index in [1.54, 1.807) is 4.90 Å². The number of ether oxygens (including phenoxy) is 1. The smallest absolute Gasteiger partial charge is 0.321 e. The number of nitrogens with zero attached hydrogens (tertiary/aromatic N) is 1. The van der Waals surface area contributed by atoms with Crippen LogP contribution in [0.2, 0.25) is 0 Å². The van der Waals surface area contributed by atoms with Crippen LogP contribution in [0.1, 0.15) is 18.4 Å². The predicted octanol–water partition coefficient (Wildman–Crippen LogP) is 1.80.